The van der Waals surface area contributed by atoms with Crippen molar-refractivity contribution in [2.75, 3.05) is 20.3 Å². The van der Waals surface area contributed by atoms with Gasteiger partial charge in [0.15, 0.2) is 0 Å². The van der Waals surface area contributed by atoms with Gasteiger partial charge in [-0.05, 0) is 13.5 Å². The van der Waals surface area contributed by atoms with Gasteiger partial charge in [-0.3, -0.25) is 0 Å². The first kappa shape index (κ1) is 12.9. The lowest BCUT2D eigenvalue weighted by molar-refractivity contribution is -0.176. The van der Waals surface area contributed by atoms with Crippen LogP contribution in [-0.4, -0.2) is 59.9 Å². The molecule has 1 fully saturated rings. The average molecular weight is 219 g/mol. The molecule has 0 aromatic rings. The maximum atomic E-state index is 10.1. The minimum Gasteiger partial charge on any atom is -0.394 e. The van der Waals surface area contributed by atoms with Crippen LogP contribution in [0.25, 0.3) is 0 Å². The Hall–Kier alpha value is -0.200. The van der Waals surface area contributed by atoms with E-state index in [1.165, 1.54) is 0 Å². The summed E-state index contributed by atoms with van der Waals surface area (Å²) in [6.45, 7) is 1.67. The Balaban J connectivity index is 2.76. The number of ether oxygens (including phenoxy) is 1. The topological polar surface area (TPSA) is 82.0 Å². The lowest BCUT2D eigenvalue weighted by atomic mass is 9.84. The van der Waals surface area contributed by atoms with Crippen LogP contribution in [0, 0.1) is 5.92 Å². The van der Waals surface area contributed by atoms with Crippen molar-refractivity contribution in [2.24, 2.45) is 5.92 Å². The van der Waals surface area contributed by atoms with E-state index in [2.05, 4.69) is 5.32 Å². The van der Waals surface area contributed by atoms with Crippen LogP contribution in [0.2, 0.25) is 0 Å². The molecule has 0 aromatic heterocycles. The van der Waals surface area contributed by atoms with Crippen molar-refractivity contribution >= 4 is 0 Å². The summed E-state index contributed by atoms with van der Waals surface area (Å²) in [4.78, 5) is 0. The van der Waals surface area contributed by atoms with Gasteiger partial charge in [-0.25, -0.2) is 0 Å². The van der Waals surface area contributed by atoms with Crippen LogP contribution in [0.5, 0.6) is 0 Å². The molecule has 1 saturated heterocycles. The average Bonchev–Trinajstić information content (AvgIpc) is 2.27. The zero-order chi connectivity index (χ0) is 11.4. The molecule has 0 aliphatic carbocycles. The van der Waals surface area contributed by atoms with Gasteiger partial charge in [-0.1, -0.05) is 6.92 Å². The second kappa shape index (κ2) is 5.77. The second-order valence-corrected chi connectivity index (χ2v) is 3.96. The van der Waals surface area contributed by atoms with Gasteiger partial charge in [-0.15, -0.1) is 0 Å². The third kappa shape index (κ3) is 2.49. The fourth-order valence-corrected chi connectivity index (χ4v) is 2.31. The molecular weight excluding hydrogens is 198 g/mol. The lowest BCUT2D eigenvalue weighted by Gasteiger charge is -2.43. The number of aliphatic hydroxyl groups excluding tert-OH is 3. The molecule has 90 valence electrons. The predicted octanol–water partition coefficient (Wildman–Crippen LogP) is -1.29. The number of aliphatic hydroxyl groups is 3. The van der Waals surface area contributed by atoms with E-state index in [-0.39, 0.29) is 31.3 Å². The van der Waals surface area contributed by atoms with Crippen LogP contribution < -0.4 is 5.32 Å². The highest BCUT2D eigenvalue weighted by Gasteiger charge is 2.42. The molecule has 0 aromatic carbocycles. The Kier molecular flexibility index (Phi) is 4.95. The first-order valence-electron chi connectivity index (χ1n) is 5.42. The van der Waals surface area contributed by atoms with Gasteiger partial charge in [0.1, 0.15) is 0 Å². The van der Waals surface area contributed by atoms with Crippen molar-refractivity contribution in [2.45, 2.75) is 37.7 Å². The van der Waals surface area contributed by atoms with E-state index in [1.54, 1.807) is 7.05 Å². The Labute approximate surface area is 90.1 Å². The molecule has 0 spiro atoms. The SMILES string of the molecule is CCC1C(CO)OC(CO)C(NC)C1O. The van der Waals surface area contributed by atoms with Crippen molar-refractivity contribution < 1.29 is 20.1 Å². The minimum absolute atomic E-state index is 0.0877. The Morgan fingerprint density at radius 3 is 2.20 bits per heavy atom. The Morgan fingerprint density at radius 2 is 1.80 bits per heavy atom. The van der Waals surface area contributed by atoms with E-state index in [0.29, 0.717) is 0 Å². The minimum atomic E-state index is -0.594. The van der Waals surface area contributed by atoms with Crippen molar-refractivity contribution in [3.8, 4) is 0 Å². The lowest BCUT2D eigenvalue weighted by Crippen LogP contribution is -2.61. The molecule has 4 N–H and O–H groups in total. The summed E-state index contributed by atoms with van der Waals surface area (Å²) in [5, 5.41) is 31.3. The van der Waals surface area contributed by atoms with Crippen molar-refractivity contribution in [3.63, 3.8) is 0 Å². The van der Waals surface area contributed by atoms with Gasteiger partial charge >= 0.3 is 0 Å². The standard InChI is InChI=1S/C10H21NO4/c1-3-6-7(4-12)15-8(5-13)9(11-2)10(6)14/h6-14H,3-5H2,1-2H3. The number of hydrogen-bond acceptors (Lipinski definition) is 5. The monoisotopic (exact) mass is 219 g/mol. The van der Waals surface area contributed by atoms with Crippen LogP contribution in [-0.2, 0) is 4.74 Å². The predicted molar refractivity (Wildman–Crippen MR) is 55.5 cm³/mol. The fraction of sp³-hybridized carbons (Fsp3) is 1.00. The first-order valence-corrected chi connectivity index (χ1v) is 5.42. The Bertz CT molecular complexity index is 172. The van der Waals surface area contributed by atoms with Gasteiger partial charge in [0, 0.05) is 5.92 Å². The molecule has 0 radical (unpaired) electrons. The molecule has 1 heterocycles. The van der Waals surface area contributed by atoms with Crippen LogP contribution in [0.1, 0.15) is 13.3 Å². The van der Waals surface area contributed by atoms with E-state index >= 15 is 0 Å². The molecule has 1 rings (SSSR count). The zero-order valence-electron chi connectivity index (χ0n) is 9.26. The molecule has 15 heavy (non-hydrogen) atoms. The molecule has 5 unspecified atom stereocenters. The van der Waals surface area contributed by atoms with Crippen molar-refractivity contribution in [1.82, 2.24) is 5.32 Å². The van der Waals surface area contributed by atoms with Gasteiger partial charge in [0.05, 0.1) is 37.6 Å². The zero-order valence-corrected chi connectivity index (χ0v) is 9.26. The molecule has 5 atom stereocenters. The van der Waals surface area contributed by atoms with Crippen LogP contribution >= 0.6 is 0 Å². The molecule has 0 bridgehead atoms. The van der Waals surface area contributed by atoms with E-state index < -0.39 is 12.2 Å². The Morgan fingerprint density at radius 1 is 1.20 bits per heavy atom. The normalized spacial score (nSPS) is 41.8. The van der Waals surface area contributed by atoms with Gasteiger partial charge in [-0.2, -0.15) is 0 Å². The molecule has 1 aliphatic heterocycles. The molecule has 0 saturated carbocycles. The fourth-order valence-electron chi connectivity index (χ4n) is 2.31. The third-order valence-corrected chi connectivity index (χ3v) is 3.20. The van der Waals surface area contributed by atoms with E-state index in [4.69, 9.17) is 14.9 Å². The smallest absolute Gasteiger partial charge is 0.0988 e. The highest BCUT2D eigenvalue weighted by Crippen LogP contribution is 2.28. The second-order valence-electron chi connectivity index (χ2n) is 3.96. The van der Waals surface area contributed by atoms with Gasteiger partial charge < -0.3 is 25.4 Å². The summed E-state index contributed by atoms with van der Waals surface area (Å²) in [6, 6.07) is -0.275. The summed E-state index contributed by atoms with van der Waals surface area (Å²) >= 11 is 0. The summed E-state index contributed by atoms with van der Waals surface area (Å²) in [5.41, 5.74) is 0. The van der Waals surface area contributed by atoms with E-state index in [9.17, 15) is 5.11 Å². The van der Waals surface area contributed by atoms with Crippen LogP contribution in [0.15, 0.2) is 0 Å². The molecule has 5 nitrogen and oxygen atoms in total. The maximum Gasteiger partial charge on any atom is 0.0988 e. The quantitative estimate of drug-likeness (QED) is 0.473. The number of likely N-dealkylation sites (N-methyl/N-ethyl adjacent to an activating group) is 1. The maximum absolute atomic E-state index is 10.1. The van der Waals surface area contributed by atoms with E-state index in [0.717, 1.165) is 6.42 Å². The number of nitrogens with one attached hydrogen (secondary N) is 1. The molecular formula is C10H21NO4. The molecule has 1 aliphatic rings. The highest BCUT2D eigenvalue weighted by molar-refractivity contribution is 4.94. The summed E-state index contributed by atoms with van der Waals surface area (Å²) < 4.78 is 5.54. The van der Waals surface area contributed by atoms with E-state index in [1.807, 2.05) is 6.92 Å². The number of rotatable bonds is 4. The molecule has 0 amide bonds. The van der Waals surface area contributed by atoms with Crippen LogP contribution in [0.4, 0.5) is 0 Å². The highest BCUT2D eigenvalue weighted by atomic mass is 16.5. The number of hydrogen-bond donors (Lipinski definition) is 4. The van der Waals surface area contributed by atoms with Crippen molar-refractivity contribution in [1.29, 1.82) is 0 Å². The summed E-state index contributed by atoms with van der Waals surface area (Å²) in [6.07, 6.45) is -0.692. The largest absolute Gasteiger partial charge is 0.394 e. The molecule has 5 heteroatoms. The van der Waals surface area contributed by atoms with Gasteiger partial charge in [0.25, 0.3) is 0 Å². The summed E-state index contributed by atoms with van der Waals surface area (Å²) in [7, 11) is 1.73. The van der Waals surface area contributed by atoms with Crippen LogP contribution in [0.3, 0.4) is 0 Å². The first-order chi connectivity index (χ1) is 7.19. The summed E-state index contributed by atoms with van der Waals surface area (Å²) in [5.74, 6) is -0.0877. The third-order valence-electron chi connectivity index (χ3n) is 3.20. The van der Waals surface area contributed by atoms with Crippen molar-refractivity contribution in [3.05, 3.63) is 0 Å². The van der Waals surface area contributed by atoms with Gasteiger partial charge in [0.2, 0.25) is 0 Å².